The summed E-state index contributed by atoms with van der Waals surface area (Å²) in [7, 11) is 0. The van der Waals surface area contributed by atoms with Crippen LogP contribution in [-0.4, -0.2) is 29.8 Å². The lowest BCUT2D eigenvalue weighted by Gasteiger charge is -2.20. The van der Waals surface area contributed by atoms with E-state index in [1.807, 2.05) is 20.8 Å². The van der Waals surface area contributed by atoms with E-state index in [9.17, 15) is 14.0 Å². The first-order chi connectivity index (χ1) is 9.28. The number of esters is 1. The average Bonchev–Trinajstić information content (AvgIpc) is 2.33. The molecular formula is C14H18FNO3S. The molecule has 0 aromatic heterocycles. The fraction of sp³-hybridized carbons (Fsp3) is 0.429. The minimum Gasteiger partial charge on any atom is -0.455 e. The Hall–Kier alpha value is -1.56. The Morgan fingerprint density at radius 2 is 1.95 bits per heavy atom. The molecule has 20 heavy (non-hydrogen) atoms. The molecule has 1 aromatic rings. The molecule has 0 aliphatic rings. The van der Waals surface area contributed by atoms with Crippen LogP contribution in [-0.2, 0) is 14.3 Å². The molecule has 0 atom stereocenters. The molecule has 1 rings (SSSR count). The maximum Gasteiger partial charge on any atom is 0.316 e. The molecule has 0 radical (unpaired) electrons. The second-order valence-corrected chi connectivity index (χ2v) is 6.20. The van der Waals surface area contributed by atoms with E-state index < -0.39 is 5.97 Å². The van der Waals surface area contributed by atoms with Crippen LogP contribution in [0.15, 0.2) is 29.2 Å². The van der Waals surface area contributed by atoms with Gasteiger partial charge in [0.05, 0.1) is 5.75 Å². The van der Waals surface area contributed by atoms with Crippen molar-refractivity contribution in [3.8, 4) is 0 Å². The van der Waals surface area contributed by atoms with Crippen LogP contribution in [0.25, 0.3) is 0 Å². The summed E-state index contributed by atoms with van der Waals surface area (Å²) in [5.41, 5.74) is -0.370. The van der Waals surface area contributed by atoms with Crippen LogP contribution in [0.5, 0.6) is 0 Å². The summed E-state index contributed by atoms with van der Waals surface area (Å²) in [4.78, 5) is 23.3. The first kappa shape index (κ1) is 16.5. The molecule has 0 unspecified atom stereocenters. The van der Waals surface area contributed by atoms with Gasteiger partial charge in [-0.25, -0.2) is 4.39 Å². The Morgan fingerprint density at radius 3 is 2.55 bits per heavy atom. The lowest BCUT2D eigenvalue weighted by atomic mass is 10.1. The van der Waals surface area contributed by atoms with Crippen molar-refractivity contribution >= 4 is 23.6 Å². The third-order valence-corrected chi connectivity index (χ3v) is 3.08. The SMILES string of the molecule is CC(C)(C)NC(=O)COC(=O)CSc1ccccc1F. The Balaban J connectivity index is 2.31. The summed E-state index contributed by atoms with van der Waals surface area (Å²) in [6, 6.07) is 6.17. The first-order valence-electron chi connectivity index (χ1n) is 6.12. The average molecular weight is 299 g/mol. The van der Waals surface area contributed by atoms with E-state index in [-0.39, 0.29) is 29.6 Å². The van der Waals surface area contributed by atoms with Crippen LogP contribution >= 0.6 is 11.8 Å². The van der Waals surface area contributed by atoms with E-state index >= 15 is 0 Å². The second-order valence-electron chi connectivity index (χ2n) is 5.18. The van der Waals surface area contributed by atoms with Crippen molar-refractivity contribution in [2.45, 2.75) is 31.2 Å². The lowest BCUT2D eigenvalue weighted by Crippen LogP contribution is -2.42. The molecule has 0 saturated heterocycles. The Labute approximate surface area is 122 Å². The minimum atomic E-state index is -0.553. The largest absolute Gasteiger partial charge is 0.455 e. The van der Waals surface area contributed by atoms with Crippen molar-refractivity contribution in [2.75, 3.05) is 12.4 Å². The summed E-state index contributed by atoms with van der Waals surface area (Å²) in [6.45, 7) is 5.18. The molecule has 6 heteroatoms. The fourth-order valence-corrected chi connectivity index (χ4v) is 2.08. The molecule has 110 valence electrons. The topological polar surface area (TPSA) is 55.4 Å². The van der Waals surface area contributed by atoms with E-state index in [1.54, 1.807) is 18.2 Å². The van der Waals surface area contributed by atoms with Gasteiger partial charge in [0.2, 0.25) is 0 Å². The van der Waals surface area contributed by atoms with Crippen molar-refractivity contribution in [3.63, 3.8) is 0 Å². The van der Waals surface area contributed by atoms with Gasteiger partial charge in [-0.1, -0.05) is 12.1 Å². The normalized spacial score (nSPS) is 11.0. The van der Waals surface area contributed by atoms with Crippen molar-refractivity contribution in [1.82, 2.24) is 5.32 Å². The zero-order valence-electron chi connectivity index (χ0n) is 11.7. The number of hydrogen-bond acceptors (Lipinski definition) is 4. The van der Waals surface area contributed by atoms with Gasteiger partial charge in [-0.15, -0.1) is 11.8 Å². The lowest BCUT2D eigenvalue weighted by molar-refractivity contribution is -0.146. The Kier molecular flexibility index (Phi) is 6.01. The van der Waals surface area contributed by atoms with E-state index in [4.69, 9.17) is 4.74 Å². The molecule has 0 bridgehead atoms. The van der Waals surface area contributed by atoms with E-state index in [0.717, 1.165) is 11.8 Å². The molecule has 0 saturated carbocycles. The molecule has 4 nitrogen and oxygen atoms in total. The summed E-state index contributed by atoms with van der Waals surface area (Å²) in [5.74, 6) is -1.33. The minimum absolute atomic E-state index is 0.0380. The van der Waals surface area contributed by atoms with Gasteiger partial charge >= 0.3 is 5.97 Å². The van der Waals surface area contributed by atoms with Crippen LogP contribution in [0.4, 0.5) is 4.39 Å². The maximum absolute atomic E-state index is 13.3. The number of rotatable bonds is 5. The molecule has 0 fully saturated rings. The highest BCUT2D eigenvalue weighted by atomic mass is 32.2. The Bertz CT molecular complexity index is 486. The van der Waals surface area contributed by atoms with Crippen LogP contribution in [0.3, 0.4) is 0 Å². The zero-order chi connectivity index (χ0) is 15.2. The number of carbonyl (C=O) groups excluding carboxylic acids is 2. The summed E-state index contributed by atoms with van der Waals surface area (Å²) in [5, 5.41) is 2.67. The van der Waals surface area contributed by atoms with Gasteiger partial charge in [0.1, 0.15) is 5.82 Å². The number of amides is 1. The van der Waals surface area contributed by atoms with Crippen molar-refractivity contribution in [2.24, 2.45) is 0 Å². The molecular weight excluding hydrogens is 281 g/mol. The first-order valence-corrected chi connectivity index (χ1v) is 7.10. The third-order valence-electron chi connectivity index (χ3n) is 2.06. The smallest absolute Gasteiger partial charge is 0.316 e. The summed E-state index contributed by atoms with van der Waals surface area (Å²) in [6.07, 6.45) is 0. The van der Waals surface area contributed by atoms with Crippen molar-refractivity contribution in [3.05, 3.63) is 30.1 Å². The summed E-state index contributed by atoms with van der Waals surface area (Å²) >= 11 is 1.04. The van der Waals surface area contributed by atoms with Crippen LogP contribution in [0.1, 0.15) is 20.8 Å². The molecule has 0 heterocycles. The number of thioether (sulfide) groups is 1. The Morgan fingerprint density at radius 1 is 1.30 bits per heavy atom. The van der Waals surface area contributed by atoms with E-state index in [1.165, 1.54) is 6.07 Å². The zero-order valence-corrected chi connectivity index (χ0v) is 12.6. The van der Waals surface area contributed by atoms with Gasteiger partial charge in [0.25, 0.3) is 5.91 Å². The third kappa shape index (κ3) is 6.56. The van der Waals surface area contributed by atoms with Gasteiger partial charge < -0.3 is 10.1 Å². The molecule has 0 aliphatic carbocycles. The molecule has 0 spiro atoms. The number of hydrogen-bond donors (Lipinski definition) is 1. The van der Waals surface area contributed by atoms with Crippen molar-refractivity contribution in [1.29, 1.82) is 0 Å². The number of halogens is 1. The van der Waals surface area contributed by atoms with Gasteiger partial charge in [0, 0.05) is 10.4 Å². The molecule has 1 aromatic carbocycles. The quantitative estimate of drug-likeness (QED) is 0.670. The molecule has 0 aliphatic heterocycles. The standard InChI is InChI=1S/C14H18FNO3S/c1-14(2,3)16-12(17)8-19-13(18)9-20-11-7-5-4-6-10(11)15/h4-7H,8-9H2,1-3H3,(H,16,17). The monoisotopic (exact) mass is 299 g/mol. The summed E-state index contributed by atoms with van der Waals surface area (Å²) < 4.78 is 18.1. The van der Waals surface area contributed by atoms with E-state index in [2.05, 4.69) is 5.32 Å². The highest BCUT2D eigenvalue weighted by Crippen LogP contribution is 2.20. The van der Waals surface area contributed by atoms with E-state index in [0.29, 0.717) is 4.90 Å². The number of ether oxygens (including phenoxy) is 1. The molecule has 1 N–H and O–H groups in total. The van der Waals surface area contributed by atoms with Gasteiger partial charge in [-0.05, 0) is 32.9 Å². The number of benzene rings is 1. The van der Waals surface area contributed by atoms with Gasteiger partial charge in [-0.3, -0.25) is 9.59 Å². The predicted octanol–water partition coefficient (Wildman–Crippen LogP) is 2.38. The van der Waals surface area contributed by atoms with Gasteiger partial charge in [0.15, 0.2) is 6.61 Å². The predicted molar refractivity (Wildman–Crippen MR) is 76.0 cm³/mol. The maximum atomic E-state index is 13.3. The molecule has 1 amide bonds. The van der Waals surface area contributed by atoms with Gasteiger partial charge in [-0.2, -0.15) is 0 Å². The van der Waals surface area contributed by atoms with Crippen molar-refractivity contribution < 1.29 is 18.7 Å². The van der Waals surface area contributed by atoms with Crippen LogP contribution in [0, 0.1) is 5.82 Å². The van der Waals surface area contributed by atoms with Crippen LogP contribution in [0.2, 0.25) is 0 Å². The number of carbonyl (C=O) groups is 2. The number of nitrogens with one attached hydrogen (secondary N) is 1. The highest BCUT2D eigenvalue weighted by molar-refractivity contribution is 8.00. The fourth-order valence-electron chi connectivity index (χ4n) is 1.34. The highest BCUT2D eigenvalue weighted by Gasteiger charge is 2.15. The second kappa shape index (κ2) is 7.28. The van der Waals surface area contributed by atoms with Crippen LogP contribution < -0.4 is 5.32 Å².